The summed E-state index contributed by atoms with van der Waals surface area (Å²) in [6.07, 6.45) is 5.34. The highest BCUT2D eigenvalue weighted by molar-refractivity contribution is 14.0. The van der Waals surface area contributed by atoms with Gasteiger partial charge in [0.25, 0.3) is 0 Å². The SMILES string of the molecule is CCN1CCCC(CNC(=NC)NCc2ccc(CN3CCCC3)cc2)C1.I. The third kappa shape index (κ3) is 7.52. The minimum Gasteiger partial charge on any atom is -0.356 e. The quantitative estimate of drug-likeness (QED) is 0.343. The first-order valence-electron chi connectivity index (χ1n) is 10.7. The molecular formula is C22H38IN5. The second-order valence-electron chi connectivity index (χ2n) is 8.01. The van der Waals surface area contributed by atoms with Gasteiger partial charge in [0.1, 0.15) is 0 Å². The van der Waals surface area contributed by atoms with Gasteiger partial charge in [-0.3, -0.25) is 9.89 Å². The van der Waals surface area contributed by atoms with Crippen molar-refractivity contribution in [3.05, 3.63) is 35.4 Å². The summed E-state index contributed by atoms with van der Waals surface area (Å²) >= 11 is 0. The maximum Gasteiger partial charge on any atom is 0.191 e. The predicted molar refractivity (Wildman–Crippen MR) is 129 cm³/mol. The Morgan fingerprint density at radius 1 is 1.00 bits per heavy atom. The summed E-state index contributed by atoms with van der Waals surface area (Å²) in [4.78, 5) is 9.48. The Bertz CT molecular complexity index is 583. The molecule has 158 valence electrons. The number of hydrogen-bond acceptors (Lipinski definition) is 3. The fourth-order valence-electron chi connectivity index (χ4n) is 4.21. The molecule has 5 nitrogen and oxygen atoms in total. The van der Waals surface area contributed by atoms with Crippen molar-refractivity contribution in [1.82, 2.24) is 20.4 Å². The van der Waals surface area contributed by atoms with Crippen LogP contribution in [0.2, 0.25) is 0 Å². The van der Waals surface area contributed by atoms with E-state index in [0.29, 0.717) is 0 Å². The number of nitrogens with one attached hydrogen (secondary N) is 2. The zero-order valence-corrected chi connectivity index (χ0v) is 20.0. The Morgan fingerprint density at radius 3 is 2.36 bits per heavy atom. The molecule has 0 bridgehead atoms. The highest BCUT2D eigenvalue weighted by atomic mass is 127. The molecule has 2 fully saturated rings. The fraction of sp³-hybridized carbons (Fsp3) is 0.682. The Morgan fingerprint density at radius 2 is 1.68 bits per heavy atom. The molecule has 0 saturated carbocycles. The minimum absolute atomic E-state index is 0. The zero-order chi connectivity index (χ0) is 18.9. The molecule has 1 unspecified atom stereocenters. The topological polar surface area (TPSA) is 42.9 Å². The highest BCUT2D eigenvalue weighted by Gasteiger charge is 2.18. The molecule has 1 atom stereocenters. The van der Waals surface area contributed by atoms with Gasteiger partial charge >= 0.3 is 0 Å². The number of nitrogens with zero attached hydrogens (tertiary/aromatic N) is 3. The monoisotopic (exact) mass is 499 g/mol. The second kappa shape index (κ2) is 12.6. The van der Waals surface area contributed by atoms with Gasteiger partial charge in [-0.05, 0) is 68.9 Å². The molecular weight excluding hydrogens is 461 g/mol. The summed E-state index contributed by atoms with van der Waals surface area (Å²) < 4.78 is 0. The highest BCUT2D eigenvalue weighted by Crippen LogP contribution is 2.15. The lowest BCUT2D eigenvalue weighted by Crippen LogP contribution is -2.44. The molecule has 1 aromatic rings. The van der Waals surface area contributed by atoms with Crippen LogP contribution in [0.5, 0.6) is 0 Å². The largest absolute Gasteiger partial charge is 0.356 e. The van der Waals surface area contributed by atoms with Crippen LogP contribution in [-0.2, 0) is 13.1 Å². The molecule has 0 spiro atoms. The summed E-state index contributed by atoms with van der Waals surface area (Å²) in [6, 6.07) is 9.03. The number of likely N-dealkylation sites (tertiary alicyclic amines) is 2. The van der Waals surface area contributed by atoms with Gasteiger partial charge in [-0.25, -0.2) is 0 Å². The number of hydrogen-bond donors (Lipinski definition) is 2. The molecule has 2 N–H and O–H groups in total. The maximum absolute atomic E-state index is 4.39. The Hall–Kier alpha value is -0.860. The van der Waals surface area contributed by atoms with Crippen molar-refractivity contribution in [3.63, 3.8) is 0 Å². The molecule has 2 saturated heterocycles. The predicted octanol–water partition coefficient (Wildman–Crippen LogP) is 3.30. The third-order valence-electron chi connectivity index (χ3n) is 5.92. The van der Waals surface area contributed by atoms with Gasteiger partial charge in [-0.1, -0.05) is 31.2 Å². The smallest absolute Gasteiger partial charge is 0.191 e. The van der Waals surface area contributed by atoms with E-state index in [2.05, 4.69) is 56.6 Å². The Balaban J connectivity index is 0.00000280. The molecule has 1 aromatic carbocycles. The van der Waals surface area contributed by atoms with E-state index >= 15 is 0 Å². The fourth-order valence-corrected chi connectivity index (χ4v) is 4.21. The normalized spacial score (nSPS) is 21.4. The van der Waals surface area contributed by atoms with Crippen LogP contribution in [0.1, 0.15) is 43.7 Å². The minimum atomic E-state index is 0. The standard InChI is InChI=1S/C22H37N5.HI/c1-3-26-14-6-7-21(18-26)16-25-22(23-2)24-15-19-8-10-20(11-9-19)17-27-12-4-5-13-27;/h8-11,21H,3-7,12-18H2,1-2H3,(H2,23,24,25);1H. The van der Waals surface area contributed by atoms with Gasteiger partial charge in [-0.2, -0.15) is 0 Å². The average Bonchev–Trinajstić information content (AvgIpc) is 3.22. The van der Waals surface area contributed by atoms with Crippen LogP contribution < -0.4 is 10.6 Å². The molecule has 28 heavy (non-hydrogen) atoms. The maximum atomic E-state index is 4.39. The molecule has 3 rings (SSSR count). The number of rotatable bonds is 7. The van der Waals surface area contributed by atoms with Crippen LogP contribution in [0.3, 0.4) is 0 Å². The van der Waals surface area contributed by atoms with E-state index in [9.17, 15) is 0 Å². The van der Waals surface area contributed by atoms with Crippen LogP contribution in [0.25, 0.3) is 0 Å². The summed E-state index contributed by atoms with van der Waals surface area (Å²) in [7, 11) is 1.85. The van der Waals surface area contributed by atoms with Crippen LogP contribution in [0.15, 0.2) is 29.3 Å². The number of aliphatic imine (C=N–C) groups is 1. The van der Waals surface area contributed by atoms with E-state index in [4.69, 9.17) is 0 Å². The lowest BCUT2D eigenvalue weighted by Gasteiger charge is -2.32. The van der Waals surface area contributed by atoms with Crippen LogP contribution in [0.4, 0.5) is 0 Å². The van der Waals surface area contributed by atoms with Crippen molar-refractivity contribution in [2.24, 2.45) is 10.9 Å². The Labute approximate surface area is 188 Å². The molecule has 6 heteroatoms. The first-order chi connectivity index (χ1) is 13.3. The van der Waals surface area contributed by atoms with Gasteiger partial charge < -0.3 is 15.5 Å². The lowest BCUT2D eigenvalue weighted by molar-refractivity contribution is 0.183. The van der Waals surface area contributed by atoms with E-state index in [0.717, 1.165) is 38.1 Å². The van der Waals surface area contributed by atoms with Crippen molar-refractivity contribution in [2.45, 2.75) is 45.7 Å². The summed E-state index contributed by atoms with van der Waals surface area (Å²) in [5, 5.41) is 6.98. The van der Waals surface area contributed by atoms with Crippen molar-refractivity contribution in [1.29, 1.82) is 0 Å². The van der Waals surface area contributed by atoms with E-state index in [1.165, 1.54) is 63.0 Å². The van der Waals surface area contributed by atoms with Gasteiger partial charge in [0.15, 0.2) is 5.96 Å². The summed E-state index contributed by atoms with van der Waals surface area (Å²) in [5.41, 5.74) is 2.72. The van der Waals surface area contributed by atoms with E-state index in [-0.39, 0.29) is 24.0 Å². The molecule has 0 radical (unpaired) electrons. The first-order valence-corrected chi connectivity index (χ1v) is 10.7. The second-order valence-corrected chi connectivity index (χ2v) is 8.01. The number of piperidine rings is 1. The van der Waals surface area contributed by atoms with Crippen LogP contribution in [-0.4, -0.2) is 62.1 Å². The van der Waals surface area contributed by atoms with E-state index in [1.54, 1.807) is 0 Å². The van der Waals surface area contributed by atoms with Gasteiger partial charge in [0.2, 0.25) is 0 Å². The van der Waals surface area contributed by atoms with Gasteiger partial charge in [0.05, 0.1) is 0 Å². The average molecular weight is 499 g/mol. The number of halogens is 1. The van der Waals surface area contributed by atoms with Crippen molar-refractivity contribution >= 4 is 29.9 Å². The zero-order valence-electron chi connectivity index (χ0n) is 17.6. The third-order valence-corrected chi connectivity index (χ3v) is 5.92. The van der Waals surface area contributed by atoms with Crippen molar-refractivity contribution in [3.8, 4) is 0 Å². The molecule has 2 heterocycles. The van der Waals surface area contributed by atoms with Crippen LogP contribution in [0, 0.1) is 5.92 Å². The molecule has 0 amide bonds. The van der Waals surface area contributed by atoms with Gasteiger partial charge in [0, 0.05) is 33.2 Å². The van der Waals surface area contributed by atoms with Crippen LogP contribution >= 0.6 is 24.0 Å². The number of benzene rings is 1. The molecule has 0 aliphatic carbocycles. The summed E-state index contributed by atoms with van der Waals surface area (Å²) in [5.74, 6) is 1.63. The van der Waals surface area contributed by atoms with E-state index < -0.39 is 0 Å². The number of guanidine groups is 1. The first kappa shape index (κ1) is 23.4. The van der Waals surface area contributed by atoms with Crippen molar-refractivity contribution in [2.75, 3.05) is 46.3 Å². The molecule has 2 aliphatic rings. The molecule has 0 aromatic heterocycles. The van der Waals surface area contributed by atoms with Gasteiger partial charge in [-0.15, -0.1) is 24.0 Å². The molecule has 2 aliphatic heterocycles. The summed E-state index contributed by atoms with van der Waals surface area (Å²) in [6.45, 7) is 11.3. The lowest BCUT2D eigenvalue weighted by atomic mass is 9.98. The Kier molecular flexibility index (Phi) is 10.6. The van der Waals surface area contributed by atoms with Crippen molar-refractivity contribution < 1.29 is 0 Å². The van der Waals surface area contributed by atoms with E-state index in [1.807, 2.05) is 7.05 Å².